The molecule has 17 heteroatoms. The van der Waals surface area contributed by atoms with Gasteiger partial charge < -0.3 is 138 Å². The first kappa shape index (κ1) is 72.8. The molecule has 160 valence electrons. The third kappa shape index (κ3) is 15.7. The predicted octanol–water partition coefficient (Wildman–Crippen LogP) is -15.0. The van der Waals surface area contributed by atoms with Gasteiger partial charge in [0.25, 0.3) is 0 Å². The van der Waals surface area contributed by atoms with Crippen LogP contribution >= 0.6 is 0 Å². The van der Waals surface area contributed by atoms with Gasteiger partial charge in [0, 0.05) is 0 Å². The highest BCUT2D eigenvalue weighted by molar-refractivity contribution is 5.23. The normalized spacial score (nSPS) is 5.75. The molecule has 6 nitrogen and oxygen atoms in total. The van der Waals surface area contributed by atoms with Gasteiger partial charge in [0.05, 0.1) is 5.56 Å². The van der Waals surface area contributed by atoms with Gasteiger partial charge in [-0.05, 0) is 0 Å². The van der Waals surface area contributed by atoms with E-state index in [1.165, 1.54) is 0 Å². The highest BCUT2D eigenvalue weighted by Gasteiger charge is 2.25. The van der Waals surface area contributed by atoms with Gasteiger partial charge in [-0.15, -0.1) is 0 Å². The van der Waals surface area contributed by atoms with E-state index in [0.29, 0.717) is 0 Å². The number of hydrogen-bond acceptors (Lipinski definition) is 0. The Bertz CT molecular complexity index is 351. The lowest BCUT2D eigenvalue weighted by atomic mass is 10.1. The van der Waals surface area contributed by atoms with Gasteiger partial charge in [-0.1, -0.05) is 0 Å². The summed E-state index contributed by atoms with van der Waals surface area (Å²) in [5.41, 5.74) is 2.16. The van der Waals surface area contributed by atoms with Crippen molar-refractivity contribution in [3.63, 3.8) is 0 Å². The third-order valence-electron chi connectivity index (χ3n) is 1.55. The lowest BCUT2D eigenvalue weighted by Crippen LogP contribution is -3.00. The van der Waals surface area contributed by atoms with E-state index in [1.807, 2.05) is 0 Å². The molecule has 23 N–H and O–H groups in total. The Kier molecular flexibility index (Phi) is 97.7. The molecule has 1 aromatic carbocycles. The van der Waals surface area contributed by atoms with Crippen LogP contribution in [-0.2, 0) is 6.54 Å². The zero-order valence-corrected chi connectivity index (χ0v) is 23.1. The van der Waals surface area contributed by atoms with Crippen molar-refractivity contribution in [2.45, 2.75) is 6.54 Å². The molecule has 0 unspecified atom stereocenters. The maximum Gasteiger partial charge on any atom is 0.200 e. The summed E-state index contributed by atoms with van der Waals surface area (Å²) < 4.78 is 62.5. The Labute approximate surface area is 200 Å². The Morgan fingerprint density at radius 2 is 0.625 bits per heavy atom. The molecule has 0 fully saturated rings. The van der Waals surface area contributed by atoms with Crippen molar-refractivity contribution in [1.29, 1.82) is 0 Å². The zero-order valence-electron chi connectivity index (χ0n) is 13.6. The molecule has 0 radical (unpaired) electrons. The molecular formula is C7H25Br6F5N6. The Balaban J connectivity index is -0.0000000171. The summed E-state index contributed by atoms with van der Waals surface area (Å²) in [7, 11) is 0. The fourth-order valence-corrected chi connectivity index (χ4v) is 0.870. The fourth-order valence-electron chi connectivity index (χ4n) is 0.870. The molecule has 0 aliphatic heterocycles. The zero-order chi connectivity index (χ0) is 10.2. The molecule has 0 saturated heterocycles. The largest absolute Gasteiger partial charge is 1.00 e. The SMILES string of the molecule is [Br-].[Br-].[Br-].[Br-].[Br-].[Br-].[NH3+]Cc1c(F)c(F)c(F)c(F)c1F.[NH4+].[NH4+].[NH4+].[NH4+].[NH4+]. The van der Waals surface area contributed by atoms with E-state index in [-0.39, 0.29) is 133 Å². The van der Waals surface area contributed by atoms with Gasteiger partial charge in [0.1, 0.15) is 6.54 Å². The fraction of sp³-hybridized carbons (Fsp3) is 0.143. The molecule has 1 rings (SSSR count). The Morgan fingerprint density at radius 3 is 0.792 bits per heavy atom. The Morgan fingerprint density at radius 1 is 0.458 bits per heavy atom. The summed E-state index contributed by atoms with van der Waals surface area (Å²) in [6.07, 6.45) is 0. The van der Waals surface area contributed by atoms with Crippen LogP contribution in [0.15, 0.2) is 0 Å². The molecule has 0 saturated carbocycles. The van der Waals surface area contributed by atoms with Crippen molar-refractivity contribution < 1.29 is 130 Å². The minimum atomic E-state index is -2.15. The van der Waals surface area contributed by atoms with Crippen LogP contribution in [0.5, 0.6) is 0 Å². The molecule has 0 aromatic heterocycles. The third-order valence-corrected chi connectivity index (χ3v) is 1.55. The maximum atomic E-state index is 12.6. The summed E-state index contributed by atoms with van der Waals surface area (Å²) in [6.45, 7) is -0.494. The number of rotatable bonds is 1. The van der Waals surface area contributed by atoms with Crippen molar-refractivity contribution >= 4 is 0 Å². The van der Waals surface area contributed by atoms with E-state index in [0.717, 1.165) is 0 Å². The number of benzene rings is 1. The standard InChI is InChI=1S/C7H4F5N.6BrH.5H3N/c8-3-2(1-13)4(9)6(11)7(12)5(3)10;;;;;;;;;;;/h1,13H2;6*1H;5*1H3. The van der Waals surface area contributed by atoms with E-state index < -0.39 is 41.2 Å². The van der Waals surface area contributed by atoms with E-state index in [2.05, 4.69) is 5.73 Å². The number of halogens is 11. The molecule has 0 spiro atoms. The van der Waals surface area contributed by atoms with Crippen LogP contribution in [0.2, 0.25) is 0 Å². The molecule has 0 atom stereocenters. The van der Waals surface area contributed by atoms with Gasteiger partial charge >= 0.3 is 0 Å². The van der Waals surface area contributed by atoms with E-state index in [4.69, 9.17) is 0 Å². The van der Waals surface area contributed by atoms with Crippen molar-refractivity contribution in [1.82, 2.24) is 30.8 Å². The first-order chi connectivity index (χ1) is 6.00. The highest BCUT2D eigenvalue weighted by atomic mass is 79.9. The van der Waals surface area contributed by atoms with E-state index >= 15 is 0 Å². The van der Waals surface area contributed by atoms with Crippen molar-refractivity contribution in [2.24, 2.45) is 0 Å². The van der Waals surface area contributed by atoms with Gasteiger partial charge in [0.2, 0.25) is 5.82 Å². The van der Waals surface area contributed by atoms with Gasteiger partial charge in [-0.2, -0.15) is 0 Å². The first-order valence-corrected chi connectivity index (χ1v) is 3.30. The van der Waals surface area contributed by atoms with Gasteiger partial charge in [-0.3, -0.25) is 0 Å². The van der Waals surface area contributed by atoms with Crippen molar-refractivity contribution in [3.05, 3.63) is 34.6 Å². The molecule has 0 amide bonds. The molecule has 0 heterocycles. The average Bonchev–Trinajstić information content (AvgIpc) is 2.13. The number of quaternary nitrogens is 6. The lowest BCUT2D eigenvalue weighted by Gasteiger charge is -2.03. The second-order valence-electron chi connectivity index (χ2n) is 2.30. The minimum absolute atomic E-state index is 0. The first-order valence-electron chi connectivity index (χ1n) is 3.30. The van der Waals surface area contributed by atoms with Gasteiger partial charge in [0.15, 0.2) is 23.3 Å². The van der Waals surface area contributed by atoms with E-state index in [1.54, 1.807) is 0 Å². The average molecular weight is 768 g/mol. The molecule has 24 heavy (non-hydrogen) atoms. The summed E-state index contributed by atoms with van der Waals surface area (Å²) in [4.78, 5) is 0. The van der Waals surface area contributed by atoms with Crippen LogP contribution < -0.4 is 138 Å². The van der Waals surface area contributed by atoms with Crippen molar-refractivity contribution in [3.8, 4) is 0 Å². The monoisotopic (exact) mass is 762 g/mol. The molecule has 0 bridgehead atoms. The lowest BCUT2D eigenvalue weighted by molar-refractivity contribution is -0.387. The predicted molar refractivity (Wildman–Crippen MR) is 62.7 cm³/mol. The summed E-state index contributed by atoms with van der Waals surface area (Å²) >= 11 is 0. The van der Waals surface area contributed by atoms with Crippen LogP contribution in [-0.4, -0.2) is 0 Å². The number of hydrogen-bond donors (Lipinski definition) is 6. The quantitative estimate of drug-likeness (QED) is 0.0895. The van der Waals surface area contributed by atoms with Crippen molar-refractivity contribution in [2.75, 3.05) is 0 Å². The van der Waals surface area contributed by atoms with Crippen LogP contribution in [0.4, 0.5) is 22.0 Å². The van der Waals surface area contributed by atoms with Crippen LogP contribution in [0.25, 0.3) is 0 Å². The smallest absolute Gasteiger partial charge is 0.200 e. The second kappa shape index (κ2) is 32.2. The topological polar surface area (TPSA) is 210 Å². The highest BCUT2D eigenvalue weighted by Crippen LogP contribution is 2.21. The minimum Gasteiger partial charge on any atom is -1.00 e. The molecule has 0 aliphatic rings. The van der Waals surface area contributed by atoms with Crippen LogP contribution in [0, 0.1) is 29.1 Å². The van der Waals surface area contributed by atoms with Gasteiger partial charge in [-0.25, -0.2) is 22.0 Å². The molecule has 1 aromatic rings. The summed E-state index contributed by atoms with van der Waals surface area (Å²) in [5.74, 6) is -9.64. The molecular weight excluding hydrogens is 743 g/mol. The second-order valence-corrected chi connectivity index (χ2v) is 2.30. The maximum absolute atomic E-state index is 12.6. The van der Waals surface area contributed by atoms with Crippen LogP contribution in [0.1, 0.15) is 5.56 Å². The summed E-state index contributed by atoms with van der Waals surface area (Å²) in [6, 6.07) is 0. The molecule has 0 aliphatic carbocycles. The summed E-state index contributed by atoms with van der Waals surface area (Å²) in [5, 5.41) is 0. The van der Waals surface area contributed by atoms with E-state index in [9.17, 15) is 22.0 Å². The van der Waals surface area contributed by atoms with Crippen LogP contribution in [0.3, 0.4) is 0 Å². The Hall–Kier alpha value is 1.51.